The molecule has 0 bridgehead atoms. The third-order valence-corrected chi connectivity index (χ3v) is 10.5. The fourth-order valence-electron chi connectivity index (χ4n) is 8.31. The van der Waals surface area contributed by atoms with Gasteiger partial charge >= 0.3 is 0 Å². The average Bonchev–Trinajstić information content (AvgIpc) is 3.84. The zero-order chi connectivity index (χ0) is 33.5. The summed E-state index contributed by atoms with van der Waals surface area (Å²) in [7, 11) is 0. The van der Waals surface area contributed by atoms with E-state index in [1.165, 1.54) is 38.1 Å². The smallest absolute Gasteiger partial charge is 0.240 e. The van der Waals surface area contributed by atoms with E-state index >= 15 is 0 Å². The highest BCUT2D eigenvalue weighted by atomic mass is 15.3. The number of hydrogen-bond acceptors (Lipinski definition) is 4. The first kappa shape index (κ1) is 28.1. The summed E-state index contributed by atoms with van der Waals surface area (Å²) in [6.07, 6.45) is 8.81. The summed E-state index contributed by atoms with van der Waals surface area (Å²) < 4.78 is 4.52. The number of hydrogen-bond donors (Lipinski definition) is 0. The van der Waals surface area contributed by atoms with E-state index < -0.39 is 0 Å². The van der Waals surface area contributed by atoms with E-state index in [0.29, 0.717) is 17.7 Å². The quantitative estimate of drug-likeness (QED) is 0.190. The number of fused-ring (bicyclic) bond motifs is 9. The zero-order valence-electron chi connectivity index (χ0n) is 27.5. The number of anilines is 2. The molecule has 51 heavy (non-hydrogen) atoms. The normalized spacial score (nSPS) is 16.4. The van der Waals surface area contributed by atoms with Gasteiger partial charge in [0.05, 0.1) is 28.1 Å². The van der Waals surface area contributed by atoms with Gasteiger partial charge in [-0.05, 0) is 60.2 Å². The summed E-state index contributed by atoms with van der Waals surface area (Å²) in [4.78, 5) is 18.1. The minimum Gasteiger partial charge on any atom is -0.309 e. The van der Waals surface area contributed by atoms with Crippen LogP contribution in [-0.2, 0) is 0 Å². The number of para-hydroxylation sites is 5. The first-order chi connectivity index (χ1) is 25.3. The predicted molar refractivity (Wildman–Crippen MR) is 207 cm³/mol. The summed E-state index contributed by atoms with van der Waals surface area (Å²) in [6.45, 7) is 0. The minimum absolute atomic E-state index is 0.0614. The van der Waals surface area contributed by atoms with Crippen LogP contribution >= 0.6 is 0 Å². The minimum atomic E-state index is 0.0614. The van der Waals surface area contributed by atoms with Gasteiger partial charge in [-0.1, -0.05) is 115 Å². The van der Waals surface area contributed by atoms with Gasteiger partial charge < -0.3 is 9.47 Å². The van der Waals surface area contributed by atoms with Gasteiger partial charge in [-0.2, -0.15) is 15.0 Å². The van der Waals surface area contributed by atoms with Gasteiger partial charge in [0.25, 0.3) is 0 Å². The van der Waals surface area contributed by atoms with Gasteiger partial charge in [0.1, 0.15) is 0 Å². The molecule has 0 saturated carbocycles. The molecule has 6 heteroatoms. The summed E-state index contributed by atoms with van der Waals surface area (Å²) >= 11 is 0. The maximum atomic E-state index is 5.30. The first-order valence-electron chi connectivity index (χ1n) is 17.4. The number of aromatic nitrogens is 5. The molecule has 0 N–H and O–H groups in total. The molecule has 0 saturated heterocycles. The molecule has 0 fully saturated rings. The van der Waals surface area contributed by atoms with Crippen molar-refractivity contribution >= 4 is 55.2 Å². The molecule has 2 atom stereocenters. The molecule has 0 spiro atoms. The Labute approximate surface area is 293 Å². The van der Waals surface area contributed by atoms with Crippen molar-refractivity contribution in [3.8, 4) is 23.0 Å². The Morgan fingerprint density at radius 2 is 0.941 bits per heavy atom. The highest BCUT2D eigenvalue weighted by Crippen LogP contribution is 2.47. The predicted octanol–water partition coefficient (Wildman–Crippen LogP) is 10.5. The molecule has 1 aliphatic heterocycles. The lowest BCUT2D eigenvalue weighted by Crippen LogP contribution is -2.30. The van der Waals surface area contributed by atoms with Crippen molar-refractivity contribution in [2.45, 2.75) is 12.0 Å². The van der Waals surface area contributed by atoms with Gasteiger partial charge in [0.2, 0.25) is 11.9 Å². The summed E-state index contributed by atoms with van der Waals surface area (Å²) in [6, 6.07) is 51.5. The van der Waals surface area contributed by atoms with Crippen LogP contribution in [0.25, 0.3) is 66.6 Å². The molecular formula is C45H30N6. The first-order valence-corrected chi connectivity index (χ1v) is 17.4. The second-order valence-electron chi connectivity index (χ2n) is 13.3. The van der Waals surface area contributed by atoms with Crippen LogP contribution in [0.5, 0.6) is 0 Å². The summed E-state index contributed by atoms with van der Waals surface area (Å²) in [5.41, 5.74) is 8.89. The SMILES string of the molecule is C1=CC2c3ccccc3N(c3nc(-c4ccc(-n5c6ccccc6c6ccccc65)cc4)nc(-n4c5ccccc5c5ccccc54)n3)C2C=C1. The van der Waals surface area contributed by atoms with Crippen molar-refractivity contribution in [3.63, 3.8) is 0 Å². The maximum Gasteiger partial charge on any atom is 0.240 e. The number of benzene rings is 6. The lowest BCUT2D eigenvalue weighted by molar-refractivity contribution is 0.725. The number of rotatable bonds is 4. The Kier molecular flexibility index (Phi) is 5.98. The molecule has 1 aliphatic carbocycles. The Hall–Kier alpha value is -6.79. The van der Waals surface area contributed by atoms with Crippen LogP contribution in [0.1, 0.15) is 11.5 Å². The fraction of sp³-hybridized carbons (Fsp3) is 0.0444. The van der Waals surface area contributed by atoms with E-state index in [4.69, 9.17) is 15.0 Å². The van der Waals surface area contributed by atoms with E-state index in [1.807, 2.05) is 0 Å². The van der Waals surface area contributed by atoms with Crippen LogP contribution in [0.4, 0.5) is 11.6 Å². The molecule has 4 heterocycles. The lowest BCUT2D eigenvalue weighted by atomic mass is 9.92. The van der Waals surface area contributed by atoms with Crippen LogP contribution in [-0.4, -0.2) is 30.1 Å². The third-order valence-electron chi connectivity index (χ3n) is 10.5. The van der Waals surface area contributed by atoms with Crippen molar-refractivity contribution in [1.82, 2.24) is 24.1 Å². The molecular weight excluding hydrogens is 625 g/mol. The second-order valence-corrected chi connectivity index (χ2v) is 13.3. The average molecular weight is 655 g/mol. The topological polar surface area (TPSA) is 51.8 Å². The summed E-state index contributed by atoms with van der Waals surface area (Å²) in [5, 5.41) is 4.81. The molecule has 2 aliphatic rings. The third kappa shape index (κ3) is 4.14. The molecule has 240 valence electrons. The Balaban J connectivity index is 1.13. The van der Waals surface area contributed by atoms with Crippen molar-refractivity contribution in [2.24, 2.45) is 0 Å². The fourth-order valence-corrected chi connectivity index (χ4v) is 8.31. The second kappa shape index (κ2) is 10.9. The van der Waals surface area contributed by atoms with Crippen LogP contribution < -0.4 is 4.90 Å². The molecule has 2 unspecified atom stereocenters. The molecule has 6 aromatic carbocycles. The van der Waals surface area contributed by atoms with Crippen molar-refractivity contribution < 1.29 is 0 Å². The van der Waals surface area contributed by atoms with Crippen molar-refractivity contribution in [2.75, 3.05) is 4.90 Å². The van der Waals surface area contributed by atoms with Crippen LogP contribution in [0.3, 0.4) is 0 Å². The monoisotopic (exact) mass is 654 g/mol. The van der Waals surface area contributed by atoms with Gasteiger partial charge in [-0.25, -0.2) is 0 Å². The molecule has 11 rings (SSSR count). The molecule has 3 aromatic heterocycles. The zero-order valence-corrected chi connectivity index (χ0v) is 27.5. The van der Waals surface area contributed by atoms with Crippen LogP contribution in [0.15, 0.2) is 170 Å². The Bertz CT molecular complexity index is 2790. The van der Waals surface area contributed by atoms with Crippen molar-refractivity contribution in [3.05, 3.63) is 175 Å². The van der Waals surface area contributed by atoms with Gasteiger partial charge in [-0.3, -0.25) is 4.57 Å². The lowest BCUT2D eigenvalue weighted by Gasteiger charge is -2.27. The van der Waals surface area contributed by atoms with Crippen LogP contribution in [0.2, 0.25) is 0 Å². The maximum absolute atomic E-state index is 5.30. The Morgan fingerprint density at radius 1 is 0.431 bits per heavy atom. The Morgan fingerprint density at radius 3 is 1.57 bits per heavy atom. The van der Waals surface area contributed by atoms with E-state index in [-0.39, 0.29) is 12.0 Å². The van der Waals surface area contributed by atoms with E-state index in [0.717, 1.165) is 28.0 Å². The van der Waals surface area contributed by atoms with Gasteiger partial charge in [0.15, 0.2) is 5.82 Å². The van der Waals surface area contributed by atoms with Gasteiger partial charge in [0, 0.05) is 44.4 Å². The van der Waals surface area contributed by atoms with E-state index in [9.17, 15) is 0 Å². The molecule has 0 amide bonds. The number of allylic oxidation sites excluding steroid dienone is 2. The van der Waals surface area contributed by atoms with Gasteiger partial charge in [-0.15, -0.1) is 0 Å². The van der Waals surface area contributed by atoms with Crippen molar-refractivity contribution in [1.29, 1.82) is 0 Å². The largest absolute Gasteiger partial charge is 0.309 e. The van der Waals surface area contributed by atoms with Crippen LogP contribution in [0, 0.1) is 0 Å². The number of nitrogens with zero attached hydrogens (tertiary/aromatic N) is 6. The molecule has 0 radical (unpaired) electrons. The highest BCUT2D eigenvalue weighted by molar-refractivity contribution is 6.10. The highest BCUT2D eigenvalue weighted by Gasteiger charge is 2.39. The van der Waals surface area contributed by atoms with E-state index in [2.05, 4.69) is 184 Å². The summed E-state index contributed by atoms with van der Waals surface area (Å²) in [5.74, 6) is 2.06. The standard InChI is InChI=1S/C45H30N6/c1-7-19-37-31(13-1)32-14-2-8-20-38(32)49(37)30-27-25-29(26-28-30)43-46-44(50-39-21-9-3-15-33(39)34-16-4-10-22-40(34)50)48-45(47-43)51-41-23-11-5-17-35(41)36-18-6-12-24-42(36)51/h1-28,33,39H. The van der Waals surface area contributed by atoms with E-state index in [1.54, 1.807) is 0 Å². The molecule has 9 aromatic rings. The molecule has 6 nitrogen and oxygen atoms in total.